The number of unbranched alkanes of at least 4 members (excludes halogenated alkanes) is 1. The van der Waals surface area contributed by atoms with Gasteiger partial charge in [-0.2, -0.15) is 0 Å². The minimum Gasteiger partial charge on any atom is -0.462 e. The van der Waals surface area contributed by atoms with Crippen LogP contribution in [0, 0.1) is 5.92 Å². The van der Waals surface area contributed by atoms with Gasteiger partial charge in [-0.15, -0.1) is 11.3 Å². The van der Waals surface area contributed by atoms with Gasteiger partial charge >= 0.3 is 5.97 Å². The lowest BCUT2D eigenvalue weighted by atomic mass is 10.0. The Morgan fingerprint density at radius 3 is 2.67 bits per heavy atom. The molecule has 0 saturated carbocycles. The van der Waals surface area contributed by atoms with Crippen LogP contribution in [0.2, 0.25) is 0 Å². The number of hydrogen-bond donors (Lipinski definition) is 0. The summed E-state index contributed by atoms with van der Waals surface area (Å²) in [5.41, 5.74) is 0.609. The summed E-state index contributed by atoms with van der Waals surface area (Å²) < 4.78 is 7.14. The molecule has 0 aliphatic heterocycles. The summed E-state index contributed by atoms with van der Waals surface area (Å²) in [6.45, 7) is 4.85. The Morgan fingerprint density at radius 1 is 1.44 bits per heavy atom. The first-order valence-electron chi connectivity index (χ1n) is 6.20. The lowest BCUT2D eigenvalue weighted by Gasteiger charge is -2.14. The standard InChI is InChI=1S/C13H18Br2O2S/c1-3-5-6-9(4-2)8-17-13(16)10-7-11(14)18-12(10)15/h7,9H,3-6,8H2,1-2H3. The second-order valence-electron chi connectivity index (χ2n) is 4.25. The highest BCUT2D eigenvalue weighted by atomic mass is 79.9. The molecule has 0 radical (unpaired) electrons. The van der Waals surface area contributed by atoms with E-state index in [1.165, 1.54) is 24.2 Å². The van der Waals surface area contributed by atoms with E-state index in [-0.39, 0.29) is 5.97 Å². The molecule has 0 bridgehead atoms. The Labute approximate surface area is 129 Å². The van der Waals surface area contributed by atoms with Crippen molar-refractivity contribution < 1.29 is 9.53 Å². The fourth-order valence-corrected chi connectivity index (χ4v) is 4.41. The van der Waals surface area contributed by atoms with Gasteiger partial charge in [-0.05, 0) is 50.3 Å². The molecule has 0 aliphatic rings. The van der Waals surface area contributed by atoms with Gasteiger partial charge < -0.3 is 4.74 Å². The second-order valence-corrected chi connectivity index (χ2v) is 8.00. The van der Waals surface area contributed by atoms with Crippen molar-refractivity contribution in [1.29, 1.82) is 0 Å². The lowest BCUT2D eigenvalue weighted by molar-refractivity contribution is 0.0428. The molecule has 0 amide bonds. The number of rotatable bonds is 7. The molecule has 1 unspecified atom stereocenters. The van der Waals surface area contributed by atoms with Gasteiger partial charge in [0.15, 0.2) is 0 Å². The highest BCUT2D eigenvalue weighted by Gasteiger charge is 2.16. The van der Waals surface area contributed by atoms with Crippen molar-refractivity contribution in [2.45, 2.75) is 39.5 Å². The van der Waals surface area contributed by atoms with E-state index in [2.05, 4.69) is 45.7 Å². The lowest BCUT2D eigenvalue weighted by Crippen LogP contribution is -2.13. The van der Waals surface area contributed by atoms with Gasteiger partial charge in [-0.3, -0.25) is 0 Å². The summed E-state index contributed by atoms with van der Waals surface area (Å²) >= 11 is 8.22. The zero-order valence-electron chi connectivity index (χ0n) is 10.7. The van der Waals surface area contributed by atoms with Crippen molar-refractivity contribution in [2.24, 2.45) is 5.92 Å². The third kappa shape index (κ3) is 5.02. The van der Waals surface area contributed by atoms with Gasteiger partial charge in [0.05, 0.1) is 19.7 Å². The molecule has 1 atom stereocenters. The third-order valence-corrected chi connectivity index (χ3v) is 5.21. The van der Waals surface area contributed by atoms with Crippen LogP contribution in [0.25, 0.3) is 0 Å². The first kappa shape index (κ1) is 16.2. The molecular formula is C13H18Br2O2S. The van der Waals surface area contributed by atoms with Gasteiger partial charge in [0.25, 0.3) is 0 Å². The molecule has 0 saturated heterocycles. The molecule has 1 rings (SSSR count). The molecule has 0 aliphatic carbocycles. The van der Waals surface area contributed by atoms with Crippen LogP contribution in [-0.2, 0) is 4.74 Å². The third-order valence-electron chi connectivity index (χ3n) is 2.87. The molecule has 1 heterocycles. The molecule has 18 heavy (non-hydrogen) atoms. The minimum atomic E-state index is -0.237. The van der Waals surface area contributed by atoms with E-state index in [9.17, 15) is 4.79 Å². The molecule has 2 nitrogen and oxygen atoms in total. The zero-order valence-corrected chi connectivity index (χ0v) is 14.7. The topological polar surface area (TPSA) is 26.3 Å². The van der Waals surface area contributed by atoms with Crippen LogP contribution in [-0.4, -0.2) is 12.6 Å². The normalized spacial score (nSPS) is 12.4. The van der Waals surface area contributed by atoms with E-state index in [0.717, 1.165) is 20.4 Å². The van der Waals surface area contributed by atoms with Crippen molar-refractivity contribution in [3.05, 3.63) is 19.2 Å². The number of esters is 1. The maximum Gasteiger partial charge on any atom is 0.340 e. The van der Waals surface area contributed by atoms with Crippen LogP contribution in [0.5, 0.6) is 0 Å². The second kappa shape index (κ2) is 8.33. The molecule has 1 aromatic rings. The molecular weight excluding hydrogens is 380 g/mol. The maximum atomic E-state index is 11.9. The highest BCUT2D eigenvalue weighted by Crippen LogP contribution is 2.32. The van der Waals surface area contributed by atoms with E-state index in [0.29, 0.717) is 18.1 Å². The predicted molar refractivity (Wildman–Crippen MR) is 83.3 cm³/mol. The molecule has 102 valence electrons. The van der Waals surface area contributed by atoms with Crippen LogP contribution >= 0.6 is 43.2 Å². The van der Waals surface area contributed by atoms with Crippen molar-refractivity contribution >= 4 is 49.2 Å². The smallest absolute Gasteiger partial charge is 0.340 e. The van der Waals surface area contributed by atoms with E-state index >= 15 is 0 Å². The van der Waals surface area contributed by atoms with Gasteiger partial charge in [0, 0.05) is 0 Å². The van der Waals surface area contributed by atoms with Gasteiger partial charge in [-0.1, -0.05) is 33.1 Å². The maximum absolute atomic E-state index is 11.9. The highest BCUT2D eigenvalue weighted by molar-refractivity contribution is 9.12. The van der Waals surface area contributed by atoms with Crippen LogP contribution in [0.4, 0.5) is 0 Å². The SMILES string of the molecule is CCCCC(CC)COC(=O)c1cc(Br)sc1Br. The average molecular weight is 398 g/mol. The van der Waals surface area contributed by atoms with Gasteiger partial charge in [-0.25, -0.2) is 4.79 Å². The fourth-order valence-electron chi connectivity index (χ4n) is 1.65. The number of hydrogen-bond acceptors (Lipinski definition) is 3. The number of halogens is 2. The Bertz CT molecular complexity index is 390. The summed E-state index contributed by atoms with van der Waals surface area (Å²) in [7, 11) is 0. The van der Waals surface area contributed by atoms with E-state index in [1.807, 2.05) is 0 Å². The number of thiophene rings is 1. The van der Waals surface area contributed by atoms with Crippen LogP contribution in [0.3, 0.4) is 0 Å². The van der Waals surface area contributed by atoms with Crippen molar-refractivity contribution in [2.75, 3.05) is 6.61 Å². The van der Waals surface area contributed by atoms with Crippen LogP contribution < -0.4 is 0 Å². The summed E-state index contributed by atoms with van der Waals surface area (Å²) in [6, 6.07) is 1.80. The molecule has 0 fully saturated rings. The monoisotopic (exact) mass is 396 g/mol. The Morgan fingerprint density at radius 2 is 2.17 bits per heavy atom. The number of carbonyl (C=O) groups excluding carboxylic acids is 1. The zero-order chi connectivity index (χ0) is 13.5. The van der Waals surface area contributed by atoms with E-state index in [4.69, 9.17) is 4.74 Å². The molecule has 0 aromatic carbocycles. The molecule has 0 spiro atoms. The van der Waals surface area contributed by atoms with E-state index in [1.54, 1.807) is 6.07 Å². The molecule has 0 N–H and O–H groups in total. The van der Waals surface area contributed by atoms with E-state index < -0.39 is 0 Å². The van der Waals surface area contributed by atoms with Crippen molar-refractivity contribution in [3.8, 4) is 0 Å². The quantitative estimate of drug-likeness (QED) is 0.556. The molecule has 1 aromatic heterocycles. The summed E-state index contributed by atoms with van der Waals surface area (Å²) in [5, 5.41) is 0. The van der Waals surface area contributed by atoms with Gasteiger partial charge in [0.1, 0.15) is 0 Å². The first-order chi connectivity index (χ1) is 8.58. The number of ether oxygens (including phenoxy) is 1. The largest absolute Gasteiger partial charge is 0.462 e. The Hall–Kier alpha value is 0.130. The number of carbonyl (C=O) groups is 1. The summed E-state index contributed by atoms with van der Waals surface area (Å²) in [5.74, 6) is 0.244. The first-order valence-corrected chi connectivity index (χ1v) is 8.60. The van der Waals surface area contributed by atoms with Crippen LogP contribution in [0.1, 0.15) is 49.9 Å². The van der Waals surface area contributed by atoms with Crippen LogP contribution in [0.15, 0.2) is 13.6 Å². The Kier molecular flexibility index (Phi) is 7.49. The average Bonchev–Trinajstić information content (AvgIpc) is 2.68. The Balaban J connectivity index is 2.47. The van der Waals surface area contributed by atoms with Crippen molar-refractivity contribution in [3.63, 3.8) is 0 Å². The molecule has 5 heteroatoms. The fraction of sp³-hybridized carbons (Fsp3) is 0.615. The summed E-state index contributed by atoms with van der Waals surface area (Å²) in [6.07, 6.45) is 4.58. The van der Waals surface area contributed by atoms with Crippen molar-refractivity contribution in [1.82, 2.24) is 0 Å². The minimum absolute atomic E-state index is 0.237. The predicted octanol–water partition coefficient (Wildman–Crippen LogP) is 5.65. The van der Waals surface area contributed by atoms with Gasteiger partial charge in [0.2, 0.25) is 0 Å². The summed E-state index contributed by atoms with van der Waals surface area (Å²) in [4.78, 5) is 11.9.